The Morgan fingerprint density at radius 2 is 1.42 bits per heavy atom. The number of benzene rings is 1. The highest BCUT2D eigenvalue weighted by atomic mass is 15.1. The number of hydrogen-bond acceptors (Lipinski definition) is 1. The first-order chi connectivity index (χ1) is 10.6. The van der Waals surface area contributed by atoms with Crippen molar-refractivity contribution in [3.8, 4) is 0 Å². The Hall–Kier alpha value is -0.980. The Kier molecular flexibility index (Phi) is 6.23. The average molecular weight is 332 g/mol. The molecule has 0 fully saturated rings. The fraction of sp³-hybridized carbons (Fsp3) is 0.739. The van der Waals surface area contributed by atoms with Crippen LogP contribution in [-0.4, -0.2) is 13.6 Å². The fourth-order valence-electron chi connectivity index (χ4n) is 2.88. The molecule has 1 unspecified atom stereocenters. The van der Waals surface area contributed by atoms with E-state index in [2.05, 4.69) is 99.4 Å². The van der Waals surface area contributed by atoms with Gasteiger partial charge < -0.3 is 4.90 Å². The van der Waals surface area contributed by atoms with E-state index < -0.39 is 0 Å². The van der Waals surface area contributed by atoms with Crippen LogP contribution in [-0.2, 0) is 10.8 Å². The number of anilines is 1. The third-order valence-electron chi connectivity index (χ3n) is 5.46. The molecule has 0 heterocycles. The van der Waals surface area contributed by atoms with Crippen LogP contribution < -0.4 is 4.90 Å². The lowest BCUT2D eigenvalue weighted by Crippen LogP contribution is -2.28. The van der Waals surface area contributed by atoms with Gasteiger partial charge in [0, 0.05) is 19.3 Å². The summed E-state index contributed by atoms with van der Waals surface area (Å²) in [7, 11) is 2.25. The van der Waals surface area contributed by atoms with Gasteiger partial charge in [-0.1, -0.05) is 81.4 Å². The predicted octanol–water partition coefficient (Wildman–Crippen LogP) is 6.79. The van der Waals surface area contributed by atoms with Crippen LogP contribution in [0.4, 0.5) is 5.69 Å². The highest BCUT2D eigenvalue weighted by molar-refractivity contribution is 5.58. The van der Waals surface area contributed by atoms with Crippen molar-refractivity contribution in [2.75, 3.05) is 18.5 Å². The molecule has 0 aliphatic carbocycles. The van der Waals surface area contributed by atoms with Crippen LogP contribution in [0.5, 0.6) is 0 Å². The van der Waals surface area contributed by atoms with Crippen LogP contribution in [0.3, 0.4) is 0 Å². The number of hydrogen-bond donors (Lipinski definition) is 0. The van der Waals surface area contributed by atoms with E-state index in [-0.39, 0.29) is 10.8 Å². The Bertz CT molecular complexity index is 535. The SMILES string of the molecule is CC(CCN(C)c1ccc(C(C)(C)C)cc1C(C)(C)C)C(C)(C)C. The molecule has 0 saturated heterocycles. The molecule has 1 aromatic carbocycles. The zero-order chi connectivity index (χ0) is 18.9. The maximum absolute atomic E-state index is 2.45. The minimum atomic E-state index is 0.153. The molecule has 0 radical (unpaired) electrons. The van der Waals surface area contributed by atoms with Crippen LogP contribution in [0.25, 0.3) is 0 Å². The van der Waals surface area contributed by atoms with Crippen LogP contribution in [0, 0.1) is 11.3 Å². The van der Waals surface area contributed by atoms with E-state index in [0.29, 0.717) is 11.3 Å². The third kappa shape index (κ3) is 5.53. The van der Waals surface area contributed by atoms with Gasteiger partial charge >= 0.3 is 0 Å². The molecule has 0 bridgehead atoms. The summed E-state index contributed by atoms with van der Waals surface area (Å²) >= 11 is 0. The highest BCUT2D eigenvalue weighted by Crippen LogP contribution is 2.36. The lowest BCUT2D eigenvalue weighted by molar-refractivity contribution is 0.249. The summed E-state index contributed by atoms with van der Waals surface area (Å²) in [6.45, 7) is 24.4. The average Bonchev–Trinajstić information content (AvgIpc) is 2.40. The van der Waals surface area contributed by atoms with Gasteiger partial charge in [0.25, 0.3) is 0 Å². The van der Waals surface area contributed by atoms with Gasteiger partial charge in [-0.15, -0.1) is 0 Å². The number of nitrogens with zero attached hydrogens (tertiary/aromatic N) is 1. The standard InChI is InChI=1S/C23H41N/c1-17(21(2,3)4)14-15-24(11)20-13-12-18(22(5,6)7)16-19(20)23(8,9)10/h12-13,16-17H,14-15H2,1-11H3. The Labute approximate surface area is 151 Å². The lowest BCUT2D eigenvalue weighted by Gasteiger charge is -2.33. The van der Waals surface area contributed by atoms with E-state index in [9.17, 15) is 0 Å². The minimum absolute atomic E-state index is 0.153. The van der Waals surface area contributed by atoms with Gasteiger partial charge in [-0.05, 0) is 45.8 Å². The molecule has 0 saturated carbocycles. The van der Waals surface area contributed by atoms with Crippen molar-refractivity contribution in [3.05, 3.63) is 29.3 Å². The smallest absolute Gasteiger partial charge is 0.0401 e. The molecular weight excluding hydrogens is 290 g/mol. The second-order valence-corrected chi connectivity index (χ2v) is 10.7. The third-order valence-corrected chi connectivity index (χ3v) is 5.46. The molecule has 0 aliphatic rings. The van der Waals surface area contributed by atoms with Crippen molar-refractivity contribution in [1.82, 2.24) is 0 Å². The minimum Gasteiger partial charge on any atom is -0.374 e. The molecule has 0 spiro atoms. The van der Waals surface area contributed by atoms with Crippen molar-refractivity contribution in [1.29, 1.82) is 0 Å². The lowest BCUT2D eigenvalue weighted by atomic mass is 9.79. The largest absolute Gasteiger partial charge is 0.374 e. The first kappa shape index (κ1) is 21.1. The Morgan fingerprint density at radius 3 is 1.83 bits per heavy atom. The van der Waals surface area contributed by atoms with Gasteiger partial charge in [0.1, 0.15) is 0 Å². The molecule has 0 aliphatic heterocycles. The van der Waals surface area contributed by atoms with E-state index in [1.165, 1.54) is 23.2 Å². The fourth-order valence-corrected chi connectivity index (χ4v) is 2.88. The first-order valence-electron chi connectivity index (χ1n) is 9.50. The molecule has 138 valence electrons. The monoisotopic (exact) mass is 331 g/mol. The molecule has 0 aromatic heterocycles. The molecule has 1 rings (SSSR count). The first-order valence-corrected chi connectivity index (χ1v) is 9.50. The summed E-state index contributed by atoms with van der Waals surface area (Å²) in [6.07, 6.45) is 1.23. The van der Waals surface area contributed by atoms with Crippen molar-refractivity contribution in [3.63, 3.8) is 0 Å². The topological polar surface area (TPSA) is 3.24 Å². The zero-order valence-corrected chi connectivity index (χ0v) is 18.2. The molecule has 0 amide bonds. The zero-order valence-electron chi connectivity index (χ0n) is 18.2. The van der Waals surface area contributed by atoms with Crippen LogP contribution in [0.15, 0.2) is 18.2 Å². The van der Waals surface area contributed by atoms with Crippen LogP contribution >= 0.6 is 0 Å². The molecule has 1 heteroatoms. The van der Waals surface area contributed by atoms with Crippen molar-refractivity contribution in [2.45, 2.75) is 86.5 Å². The van der Waals surface area contributed by atoms with E-state index in [4.69, 9.17) is 0 Å². The summed E-state index contributed by atoms with van der Waals surface area (Å²) in [4.78, 5) is 2.45. The van der Waals surface area contributed by atoms with Gasteiger partial charge in [0.15, 0.2) is 0 Å². The maximum Gasteiger partial charge on any atom is 0.0401 e. The van der Waals surface area contributed by atoms with Gasteiger partial charge in [0.2, 0.25) is 0 Å². The molecular formula is C23H41N. The van der Waals surface area contributed by atoms with Crippen LogP contribution in [0.2, 0.25) is 0 Å². The van der Waals surface area contributed by atoms with Gasteiger partial charge in [-0.2, -0.15) is 0 Å². The Balaban J connectivity index is 3.10. The van der Waals surface area contributed by atoms with E-state index in [1.54, 1.807) is 0 Å². The second-order valence-electron chi connectivity index (χ2n) is 10.7. The summed E-state index contributed by atoms with van der Waals surface area (Å²) in [6, 6.07) is 7.08. The molecule has 1 atom stereocenters. The molecule has 0 N–H and O–H groups in total. The Morgan fingerprint density at radius 1 is 0.875 bits per heavy atom. The van der Waals surface area contributed by atoms with E-state index in [1.807, 2.05) is 0 Å². The second kappa shape index (κ2) is 7.10. The number of rotatable bonds is 4. The maximum atomic E-state index is 2.45. The summed E-state index contributed by atoms with van der Waals surface area (Å²) < 4.78 is 0. The van der Waals surface area contributed by atoms with E-state index in [0.717, 1.165) is 6.54 Å². The van der Waals surface area contributed by atoms with Gasteiger partial charge in [0.05, 0.1) is 0 Å². The summed E-state index contributed by atoms with van der Waals surface area (Å²) in [5.41, 5.74) is 4.99. The summed E-state index contributed by atoms with van der Waals surface area (Å²) in [5, 5.41) is 0. The van der Waals surface area contributed by atoms with Gasteiger partial charge in [-0.3, -0.25) is 0 Å². The quantitative estimate of drug-likeness (QED) is 0.587. The van der Waals surface area contributed by atoms with Gasteiger partial charge in [-0.25, -0.2) is 0 Å². The summed E-state index contributed by atoms with van der Waals surface area (Å²) in [5.74, 6) is 0.715. The van der Waals surface area contributed by atoms with Crippen LogP contribution in [0.1, 0.15) is 86.8 Å². The van der Waals surface area contributed by atoms with Crippen molar-refractivity contribution in [2.24, 2.45) is 11.3 Å². The predicted molar refractivity (Wildman–Crippen MR) is 110 cm³/mol. The molecule has 1 aromatic rings. The van der Waals surface area contributed by atoms with E-state index >= 15 is 0 Å². The normalized spacial score (nSPS) is 14.6. The molecule has 1 nitrogen and oxygen atoms in total. The highest BCUT2D eigenvalue weighted by Gasteiger charge is 2.25. The van der Waals surface area contributed by atoms with Crippen molar-refractivity contribution < 1.29 is 0 Å². The molecule has 24 heavy (non-hydrogen) atoms. The van der Waals surface area contributed by atoms with Crippen molar-refractivity contribution >= 4 is 5.69 Å².